The molecule has 4 rings (SSSR count). The Bertz CT molecular complexity index is 1010. The van der Waals surface area contributed by atoms with Crippen LogP contribution in [0, 0.1) is 13.8 Å². The number of nitrogens with one attached hydrogen (secondary N) is 1. The number of rotatable bonds is 4. The zero-order chi connectivity index (χ0) is 17.2. The second-order valence-corrected chi connectivity index (χ2v) is 6.88. The van der Waals surface area contributed by atoms with Gasteiger partial charge in [0, 0.05) is 22.6 Å². The molecule has 4 aromatic rings. The van der Waals surface area contributed by atoms with Crippen LogP contribution in [0.5, 0.6) is 0 Å². The van der Waals surface area contributed by atoms with Crippen LogP contribution in [0.3, 0.4) is 0 Å². The van der Waals surface area contributed by atoms with E-state index in [1.165, 1.54) is 11.4 Å². The van der Waals surface area contributed by atoms with E-state index in [4.69, 9.17) is 0 Å². The molecule has 5 heteroatoms. The van der Waals surface area contributed by atoms with Gasteiger partial charge in [0.25, 0.3) is 0 Å². The summed E-state index contributed by atoms with van der Waals surface area (Å²) in [6, 6.07) is 20.6. The van der Waals surface area contributed by atoms with Gasteiger partial charge in [0.05, 0.1) is 16.4 Å². The largest absolute Gasteiger partial charge is 0.318 e. The molecule has 0 aliphatic heterocycles. The topological polar surface area (TPSA) is 42.2 Å². The molecular formula is C20H18N4S. The molecule has 2 aromatic heterocycles. The van der Waals surface area contributed by atoms with E-state index in [1.807, 2.05) is 30.5 Å². The van der Waals surface area contributed by atoms with E-state index in [9.17, 15) is 0 Å². The minimum Gasteiger partial charge on any atom is -0.318 e. The summed E-state index contributed by atoms with van der Waals surface area (Å²) in [6.45, 7) is 4.22. The number of benzene rings is 2. The van der Waals surface area contributed by atoms with Gasteiger partial charge >= 0.3 is 0 Å². The minimum atomic E-state index is 0.800. The van der Waals surface area contributed by atoms with Gasteiger partial charge in [-0.3, -0.25) is 5.43 Å². The average Bonchev–Trinajstić information content (AvgIpc) is 3.16. The van der Waals surface area contributed by atoms with Crippen LogP contribution in [0.25, 0.3) is 15.9 Å². The Morgan fingerprint density at radius 2 is 1.80 bits per heavy atom. The SMILES string of the molecule is Cc1cc(/C=N/Nc2nc3ccccc3s2)c(C)n1-c1ccccc1. The van der Waals surface area contributed by atoms with Crippen molar-refractivity contribution < 1.29 is 0 Å². The Balaban J connectivity index is 1.57. The predicted molar refractivity (Wildman–Crippen MR) is 106 cm³/mol. The van der Waals surface area contributed by atoms with Crippen LogP contribution in [0.2, 0.25) is 0 Å². The van der Waals surface area contributed by atoms with Gasteiger partial charge in [-0.2, -0.15) is 5.10 Å². The molecule has 0 spiro atoms. The van der Waals surface area contributed by atoms with Crippen LogP contribution in [0.1, 0.15) is 17.0 Å². The maximum absolute atomic E-state index is 4.53. The second-order valence-electron chi connectivity index (χ2n) is 5.85. The number of hydrogen-bond acceptors (Lipinski definition) is 4. The van der Waals surface area contributed by atoms with Crippen molar-refractivity contribution in [3.8, 4) is 5.69 Å². The third kappa shape index (κ3) is 3.06. The van der Waals surface area contributed by atoms with E-state index >= 15 is 0 Å². The van der Waals surface area contributed by atoms with Crippen LogP contribution >= 0.6 is 11.3 Å². The quantitative estimate of drug-likeness (QED) is 0.410. The van der Waals surface area contributed by atoms with Crippen molar-refractivity contribution in [3.05, 3.63) is 77.6 Å². The van der Waals surface area contributed by atoms with E-state index in [1.54, 1.807) is 11.3 Å². The number of para-hydroxylation sites is 2. The third-order valence-corrected chi connectivity index (χ3v) is 5.08. The van der Waals surface area contributed by atoms with Crippen LogP contribution in [-0.4, -0.2) is 15.8 Å². The van der Waals surface area contributed by atoms with Gasteiger partial charge in [0.1, 0.15) is 0 Å². The van der Waals surface area contributed by atoms with Crippen LogP contribution < -0.4 is 5.43 Å². The van der Waals surface area contributed by atoms with Crippen LogP contribution in [-0.2, 0) is 0 Å². The van der Waals surface area contributed by atoms with E-state index in [2.05, 4.69) is 70.3 Å². The monoisotopic (exact) mass is 346 g/mol. The summed E-state index contributed by atoms with van der Waals surface area (Å²) in [5, 5.41) is 5.18. The molecule has 0 aliphatic carbocycles. The highest BCUT2D eigenvalue weighted by atomic mass is 32.1. The van der Waals surface area contributed by atoms with Crippen molar-refractivity contribution in [1.82, 2.24) is 9.55 Å². The van der Waals surface area contributed by atoms with E-state index in [0.29, 0.717) is 0 Å². The van der Waals surface area contributed by atoms with E-state index in [-0.39, 0.29) is 0 Å². The fourth-order valence-electron chi connectivity index (χ4n) is 2.97. The lowest BCUT2D eigenvalue weighted by Crippen LogP contribution is -1.99. The molecule has 0 fully saturated rings. The lowest BCUT2D eigenvalue weighted by molar-refractivity contribution is 0.965. The first kappa shape index (κ1) is 15.6. The summed E-state index contributed by atoms with van der Waals surface area (Å²) >= 11 is 1.60. The van der Waals surface area contributed by atoms with Gasteiger partial charge in [-0.25, -0.2) is 4.98 Å². The summed E-state index contributed by atoms with van der Waals surface area (Å²) in [5.41, 5.74) is 8.65. The first-order valence-electron chi connectivity index (χ1n) is 8.11. The van der Waals surface area contributed by atoms with Gasteiger partial charge in [0.15, 0.2) is 0 Å². The highest BCUT2D eigenvalue weighted by molar-refractivity contribution is 7.22. The lowest BCUT2D eigenvalue weighted by atomic mass is 10.2. The molecule has 0 unspecified atom stereocenters. The van der Waals surface area contributed by atoms with Gasteiger partial charge < -0.3 is 4.57 Å². The fraction of sp³-hybridized carbons (Fsp3) is 0.100. The van der Waals surface area contributed by atoms with Crippen LogP contribution in [0.15, 0.2) is 65.8 Å². The van der Waals surface area contributed by atoms with Gasteiger partial charge in [-0.15, -0.1) is 0 Å². The normalized spacial score (nSPS) is 11.4. The maximum Gasteiger partial charge on any atom is 0.204 e. The number of nitrogens with zero attached hydrogens (tertiary/aromatic N) is 3. The van der Waals surface area contributed by atoms with Crippen molar-refractivity contribution in [2.45, 2.75) is 13.8 Å². The summed E-state index contributed by atoms with van der Waals surface area (Å²) in [7, 11) is 0. The van der Waals surface area contributed by atoms with Crippen molar-refractivity contribution in [2.24, 2.45) is 5.10 Å². The fourth-order valence-corrected chi connectivity index (χ4v) is 3.79. The Labute approximate surface area is 150 Å². The maximum atomic E-state index is 4.53. The molecule has 0 atom stereocenters. The first-order valence-corrected chi connectivity index (χ1v) is 8.93. The standard InChI is InChI=1S/C20H18N4S/c1-14-12-16(15(2)24(14)17-8-4-3-5-9-17)13-21-23-20-22-18-10-6-7-11-19(18)25-20/h3-13H,1-2H3,(H,22,23)/b21-13+. The van der Waals surface area contributed by atoms with Gasteiger partial charge in [-0.1, -0.05) is 41.7 Å². The van der Waals surface area contributed by atoms with E-state index < -0.39 is 0 Å². The number of fused-ring (bicyclic) bond motifs is 1. The number of thiazole rings is 1. The summed E-state index contributed by atoms with van der Waals surface area (Å²) in [6.07, 6.45) is 1.86. The molecule has 0 bridgehead atoms. The molecule has 0 aliphatic rings. The highest BCUT2D eigenvalue weighted by Crippen LogP contribution is 2.25. The Kier molecular flexibility index (Phi) is 4.07. The van der Waals surface area contributed by atoms with Gasteiger partial charge in [0.2, 0.25) is 5.13 Å². The van der Waals surface area contributed by atoms with E-state index in [0.717, 1.165) is 26.6 Å². The number of hydrogen-bond donors (Lipinski definition) is 1. The highest BCUT2D eigenvalue weighted by Gasteiger charge is 2.09. The third-order valence-electron chi connectivity index (χ3n) is 4.14. The Hall–Kier alpha value is -2.92. The number of aryl methyl sites for hydroxylation is 1. The molecule has 124 valence electrons. The zero-order valence-electron chi connectivity index (χ0n) is 14.1. The Morgan fingerprint density at radius 1 is 1.04 bits per heavy atom. The predicted octanol–water partition coefficient (Wildman–Crippen LogP) is 5.15. The summed E-state index contributed by atoms with van der Waals surface area (Å²) < 4.78 is 3.39. The van der Waals surface area contributed by atoms with Crippen molar-refractivity contribution >= 4 is 32.9 Å². The smallest absolute Gasteiger partial charge is 0.204 e. The summed E-state index contributed by atoms with van der Waals surface area (Å²) in [4.78, 5) is 4.53. The molecule has 25 heavy (non-hydrogen) atoms. The molecule has 2 aromatic carbocycles. The Morgan fingerprint density at radius 3 is 2.60 bits per heavy atom. The molecule has 4 nitrogen and oxygen atoms in total. The molecular weight excluding hydrogens is 328 g/mol. The van der Waals surface area contributed by atoms with Gasteiger partial charge in [-0.05, 0) is 44.2 Å². The number of aromatic nitrogens is 2. The minimum absolute atomic E-state index is 0.800. The van der Waals surface area contributed by atoms with Crippen molar-refractivity contribution in [3.63, 3.8) is 0 Å². The average molecular weight is 346 g/mol. The molecule has 0 amide bonds. The lowest BCUT2D eigenvalue weighted by Gasteiger charge is -2.08. The first-order chi connectivity index (χ1) is 12.2. The van der Waals surface area contributed by atoms with Crippen molar-refractivity contribution in [1.29, 1.82) is 0 Å². The summed E-state index contributed by atoms with van der Waals surface area (Å²) in [5.74, 6) is 0. The number of hydrazone groups is 1. The molecule has 0 saturated carbocycles. The number of anilines is 1. The molecule has 0 saturated heterocycles. The molecule has 1 N–H and O–H groups in total. The second kappa shape index (κ2) is 6.53. The molecule has 2 heterocycles. The zero-order valence-corrected chi connectivity index (χ0v) is 14.9. The molecule has 0 radical (unpaired) electrons. The van der Waals surface area contributed by atoms with Crippen LogP contribution in [0.4, 0.5) is 5.13 Å². The van der Waals surface area contributed by atoms with Crippen molar-refractivity contribution in [2.75, 3.05) is 5.43 Å².